The molecule has 3 heteroatoms. The van der Waals surface area contributed by atoms with Gasteiger partial charge < -0.3 is 0 Å². The van der Waals surface area contributed by atoms with E-state index in [1.165, 1.54) is 24.8 Å². The van der Waals surface area contributed by atoms with Crippen molar-refractivity contribution in [2.45, 2.75) is 46.1 Å². The van der Waals surface area contributed by atoms with Crippen LogP contribution in [-0.2, 0) is 0 Å². The van der Waals surface area contributed by atoms with Gasteiger partial charge in [-0.2, -0.15) is 0 Å². The molecule has 0 spiro atoms. The van der Waals surface area contributed by atoms with Crippen LogP contribution in [0.15, 0.2) is 18.3 Å². The lowest BCUT2D eigenvalue weighted by atomic mass is 9.76. The van der Waals surface area contributed by atoms with Crippen LogP contribution in [0.4, 0.5) is 0 Å². The molecule has 94 valence electrons. The average Bonchev–Trinajstić information content (AvgIpc) is 2.63. The number of nitrogens with one attached hydrogen (secondary N) is 1. The van der Waals surface area contributed by atoms with Gasteiger partial charge in [0.05, 0.1) is 6.04 Å². The van der Waals surface area contributed by atoms with Crippen LogP contribution in [0.3, 0.4) is 0 Å². The number of hydrogen-bond acceptors (Lipinski definition) is 3. The second-order valence-corrected chi connectivity index (χ2v) is 5.86. The monoisotopic (exact) mass is 233 g/mol. The third kappa shape index (κ3) is 2.50. The summed E-state index contributed by atoms with van der Waals surface area (Å²) in [5.74, 6) is 6.36. The van der Waals surface area contributed by atoms with Gasteiger partial charge in [0.25, 0.3) is 0 Å². The van der Waals surface area contributed by atoms with Crippen molar-refractivity contribution in [3.8, 4) is 0 Å². The van der Waals surface area contributed by atoms with E-state index in [1.54, 1.807) is 0 Å². The van der Waals surface area contributed by atoms with E-state index in [0.29, 0.717) is 11.3 Å². The minimum atomic E-state index is 0.223. The van der Waals surface area contributed by atoms with E-state index in [-0.39, 0.29) is 6.04 Å². The lowest BCUT2D eigenvalue weighted by Crippen LogP contribution is -2.37. The van der Waals surface area contributed by atoms with Gasteiger partial charge in [-0.15, -0.1) is 0 Å². The molecule has 0 amide bonds. The van der Waals surface area contributed by atoms with Crippen molar-refractivity contribution in [2.24, 2.45) is 17.2 Å². The zero-order valence-electron chi connectivity index (χ0n) is 11.0. The van der Waals surface area contributed by atoms with Crippen LogP contribution in [-0.4, -0.2) is 4.98 Å². The van der Waals surface area contributed by atoms with Crippen molar-refractivity contribution >= 4 is 0 Å². The first kappa shape index (κ1) is 12.5. The van der Waals surface area contributed by atoms with Crippen LogP contribution in [0.25, 0.3) is 0 Å². The predicted molar refractivity (Wildman–Crippen MR) is 70.2 cm³/mol. The molecule has 2 unspecified atom stereocenters. The lowest BCUT2D eigenvalue weighted by molar-refractivity contribution is 0.198. The fourth-order valence-electron chi connectivity index (χ4n) is 3.08. The maximum absolute atomic E-state index is 5.77. The smallest absolute Gasteiger partial charge is 0.0508 e. The van der Waals surface area contributed by atoms with Gasteiger partial charge in [0.2, 0.25) is 0 Å². The summed E-state index contributed by atoms with van der Waals surface area (Å²) in [6.07, 6.45) is 5.79. The fraction of sp³-hybridized carbons (Fsp3) is 0.643. The summed E-state index contributed by atoms with van der Waals surface area (Å²) in [4.78, 5) is 4.37. The molecule has 3 nitrogen and oxygen atoms in total. The highest BCUT2D eigenvalue weighted by Crippen LogP contribution is 2.48. The summed E-state index contributed by atoms with van der Waals surface area (Å²) in [6, 6.07) is 4.42. The van der Waals surface area contributed by atoms with Gasteiger partial charge in [0.1, 0.15) is 0 Å². The first-order valence-corrected chi connectivity index (χ1v) is 6.43. The van der Waals surface area contributed by atoms with Crippen LogP contribution in [0.2, 0.25) is 0 Å². The number of hydrazine groups is 1. The SMILES string of the molecule is Cc1ccc(C(NN)C2CCCC2(C)C)cn1. The standard InChI is InChI=1S/C14H23N3/c1-10-6-7-11(9-16-10)13(17-15)12-5-4-8-14(12,2)3/h6-7,9,12-13,17H,4-5,8,15H2,1-3H3. The second-order valence-electron chi connectivity index (χ2n) is 5.86. The summed E-state index contributed by atoms with van der Waals surface area (Å²) < 4.78 is 0. The van der Waals surface area contributed by atoms with Crippen LogP contribution in [0.1, 0.15) is 50.4 Å². The Labute approximate surface area is 104 Å². The third-order valence-electron chi connectivity index (χ3n) is 4.22. The Kier molecular flexibility index (Phi) is 3.50. The minimum Gasteiger partial charge on any atom is -0.271 e. The Balaban J connectivity index is 2.24. The third-order valence-corrected chi connectivity index (χ3v) is 4.22. The summed E-state index contributed by atoms with van der Waals surface area (Å²) in [7, 11) is 0. The molecule has 1 aromatic rings. The molecule has 2 atom stereocenters. The van der Waals surface area contributed by atoms with Crippen LogP contribution in [0, 0.1) is 18.3 Å². The van der Waals surface area contributed by atoms with Crippen molar-refractivity contribution in [1.29, 1.82) is 0 Å². The molecule has 1 aromatic heterocycles. The molecule has 17 heavy (non-hydrogen) atoms. The molecule has 1 saturated carbocycles. The molecule has 0 radical (unpaired) electrons. The van der Waals surface area contributed by atoms with Gasteiger partial charge in [0.15, 0.2) is 0 Å². The molecule has 0 bridgehead atoms. The van der Waals surface area contributed by atoms with Gasteiger partial charge in [-0.3, -0.25) is 16.3 Å². The predicted octanol–water partition coefficient (Wildman–Crippen LogP) is 2.72. The molecule has 0 saturated heterocycles. The van der Waals surface area contributed by atoms with E-state index in [9.17, 15) is 0 Å². The van der Waals surface area contributed by atoms with Crippen LogP contribution in [0.5, 0.6) is 0 Å². The number of nitrogens with zero attached hydrogens (tertiary/aromatic N) is 1. The van der Waals surface area contributed by atoms with E-state index in [1.807, 2.05) is 13.1 Å². The minimum absolute atomic E-state index is 0.223. The number of aryl methyl sites for hydroxylation is 1. The Morgan fingerprint density at radius 3 is 2.71 bits per heavy atom. The molecular weight excluding hydrogens is 210 g/mol. The highest BCUT2D eigenvalue weighted by atomic mass is 15.2. The number of nitrogens with two attached hydrogens (primary N) is 1. The molecule has 1 aliphatic carbocycles. The molecule has 1 aliphatic rings. The van der Waals surface area contributed by atoms with Crippen molar-refractivity contribution in [1.82, 2.24) is 10.4 Å². The molecule has 1 fully saturated rings. The summed E-state index contributed by atoms with van der Waals surface area (Å²) in [5, 5.41) is 0. The molecule has 3 N–H and O–H groups in total. The topological polar surface area (TPSA) is 50.9 Å². The number of pyridine rings is 1. The van der Waals surface area contributed by atoms with E-state index in [4.69, 9.17) is 5.84 Å². The maximum atomic E-state index is 5.77. The maximum Gasteiger partial charge on any atom is 0.0508 e. The zero-order valence-corrected chi connectivity index (χ0v) is 11.0. The summed E-state index contributed by atoms with van der Waals surface area (Å²) >= 11 is 0. The quantitative estimate of drug-likeness (QED) is 0.623. The van der Waals surface area contributed by atoms with Crippen LogP contribution >= 0.6 is 0 Å². The molecule has 0 aliphatic heterocycles. The Morgan fingerprint density at radius 2 is 2.24 bits per heavy atom. The Hall–Kier alpha value is -0.930. The van der Waals surface area contributed by atoms with Crippen molar-refractivity contribution in [3.05, 3.63) is 29.6 Å². The highest BCUT2D eigenvalue weighted by molar-refractivity contribution is 5.19. The van der Waals surface area contributed by atoms with Crippen molar-refractivity contribution in [3.63, 3.8) is 0 Å². The van der Waals surface area contributed by atoms with Gasteiger partial charge in [0, 0.05) is 11.9 Å². The van der Waals surface area contributed by atoms with E-state index in [0.717, 1.165) is 5.69 Å². The molecule has 2 rings (SSSR count). The van der Waals surface area contributed by atoms with Crippen LogP contribution < -0.4 is 11.3 Å². The van der Waals surface area contributed by atoms with Gasteiger partial charge in [-0.05, 0) is 42.7 Å². The summed E-state index contributed by atoms with van der Waals surface area (Å²) in [6.45, 7) is 6.70. The van der Waals surface area contributed by atoms with E-state index < -0.39 is 0 Å². The fourth-order valence-corrected chi connectivity index (χ4v) is 3.08. The largest absolute Gasteiger partial charge is 0.271 e. The van der Waals surface area contributed by atoms with Gasteiger partial charge in [-0.25, -0.2) is 0 Å². The van der Waals surface area contributed by atoms with Gasteiger partial charge >= 0.3 is 0 Å². The van der Waals surface area contributed by atoms with Crippen molar-refractivity contribution in [2.75, 3.05) is 0 Å². The zero-order chi connectivity index (χ0) is 12.5. The molecule has 0 aromatic carbocycles. The highest BCUT2D eigenvalue weighted by Gasteiger charge is 2.39. The van der Waals surface area contributed by atoms with E-state index >= 15 is 0 Å². The Morgan fingerprint density at radius 1 is 1.47 bits per heavy atom. The Bertz CT molecular complexity index is 370. The van der Waals surface area contributed by atoms with Gasteiger partial charge in [-0.1, -0.05) is 26.3 Å². The summed E-state index contributed by atoms with van der Waals surface area (Å²) in [5.41, 5.74) is 5.62. The lowest BCUT2D eigenvalue weighted by Gasteiger charge is -2.34. The molecular formula is C14H23N3. The second kappa shape index (κ2) is 4.75. The first-order chi connectivity index (χ1) is 8.04. The average molecular weight is 233 g/mol. The number of hydrogen-bond donors (Lipinski definition) is 2. The van der Waals surface area contributed by atoms with E-state index in [2.05, 4.69) is 36.4 Å². The number of aromatic nitrogens is 1. The normalized spacial score (nSPS) is 24.8. The molecule has 1 heterocycles. The van der Waals surface area contributed by atoms with Crippen molar-refractivity contribution < 1.29 is 0 Å². The number of rotatable bonds is 3. The first-order valence-electron chi connectivity index (χ1n) is 6.43.